The van der Waals surface area contributed by atoms with Gasteiger partial charge in [0.2, 0.25) is 11.8 Å². The number of carbonyl (C=O) groups is 4. The minimum Gasteiger partial charge on any atom is -0.490 e. The van der Waals surface area contributed by atoms with Crippen molar-refractivity contribution in [3.8, 4) is 16.9 Å². The average Bonchev–Trinajstić information content (AvgIpc) is 3.85. The number of benzene rings is 4. The average molecular weight is 1010 g/mol. The van der Waals surface area contributed by atoms with Gasteiger partial charge in [0.25, 0.3) is 5.91 Å². The number of aromatic nitrogens is 4. The molecule has 3 unspecified atom stereocenters. The normalized spacial score (nSPS) is 22.2. The van der Waals surface area contributed by atoms with E-state index in [9.17, 15) is 24.3 Å². The lowest BCUT2D eigenvalue weighted by Gasteiger charge is -2.36. The van der Waals surface area contributed by atoms with E-state index in [0.717, 1.165) is 112 Å². The summed E-state index contributed by atoms with van der Waals surface area (Å²) in [5.74, 6) is 1.52. The number of thiazole rings is 1. The smallest absolute Gasteiger partial charge is 0.355 e. The molecule has 380 valence electrons. The largest absolute Gasteiger partial charge is 0.490 e. The van der Waals surface area contributed by atoms with E-state index in [1.807, 2.05) is 85.4 Å². The second-order valence-corrected chi connectivity index (χ2v) is 22.2. The van der Waals surface area contributed by atoms with Crippen molar-refractivity contribution in [2.75, 3.05) is 54.4 Å². The second-order valence-electron chi connectivity index (χ2n) is 21.2. The molecule has 7 aromatic rings. The predicted octanol–water partition coefficient (Wildman–Crippen LogP) is 9.37. The van der Waals surface area contributed by atoms with Crippen molar-refractivity contribution in [3.63, 3.8) is 0 Å². The third kappa shape index (κ3) is 9.72. The summed E-state index contributed by atoms with van der Waals surface area (Å²) in [5.41, 5.74) is 8.64. The molecule has 74 heavy (non-hydrogen) atoms. The number of nitrogens with zero attached hydrogens (tertiary/aromatic N) is 7. The first-order chi connectivity index (χ1) is 36.0. The van der Waals surface area contributed by atoms with Gasteiger partial charge in [-0.1, -0.05) is 41.7 Å². The number of carboxylic acids is 1. The standard InChI is InChI=1S/C58H61N9O6S/c1-34-28-41(15-17-42(34)43-18-20-51(60-54(43)57(71)72)67-23-22-36-6-5-7-44(47(36)33-67)55(69)62-58-59-48-8-3-4-9-50(48)74-58)73-40-13-10-35(11-14-40)29-37-30-38(37)32-65-24-26-66(27-25-65)39-12-16-45-49(31-39)64(2)63-53(45)46-19-21-52(68)61-56(46)70/h3-9,12,15-18,20,28,31,35,37-38,40,46H,10-11,13-14,19,21-27,29-30,32-33H2,1-2H3,(H,71,72)(H,59,62,69)(H,61,68,70). The lowest BCUT2D eigenvalue weighted by atomic mass is 9.83. The van der Waals surface area contributed by atoms with Gasteiger partial charge in [0.1, 0.15) is 11.6 Å². The maximum absolute atomic E-state index is 13.6. The van der Waals surface area contributed by atoms with Gasteiger partial charge in [0.15, 0.2) is 10.8 Å². The van der Waals surface area contributed by atoms with Crippen molar-refractivity contribution in [3.05, 3.63) is 125 Å². The quantitative estimate of drug-likeness (QED) is 0.0936. The van der Waals surface area contributed by atoms with Crippen molar-refractivity contribution in [1.29, 1.82) is 0 Å². The molecule has 2 aliphatic carbocycles. The van der Waals surface area contributed by atoms with E-state index >= 15 is 0 Å². The van der Waals surface area contributed by atoms with Gasteiger partial charge in [0.05, 0.1) is 33.4 Å². The number of para-hydroxylation sites is 1. The Balaban J connectivity index is 0.608. The maximum atomic E-state index is 13.6. The zero-order valence-electron chi connectivity index (χ0n) is 41.9. The molecule has 2 saturated carbocycles. The van der Waals surface area contributed by atoms with Crippen LogP contribution in [0.15, 0.2) is 91.0 Å². The van der Waals surface area contributed by atoms with E-state index in [1.54, 1.807) is 0 Å². The summed E-state index contributed by atoms with van der Waals surface area (Å²) < 4.78 is 9.46. The van der Waals surface area contributed by atoms with Gasteiger partial charge in [-0.25, -0.2) is 14.8 Å². The number of anilines is 3. The van der Waals surface area contributed by atoms with Gasteiger partial charge in [-0.05, 0) is 159 Å². The number of imide groups is 1. The van der Waals surface area contributed by atoms with Crippen molar-refractivity contribution in [2.45, 2.75) is 83.3 Å². The van der Waals surface area contributed by atoms with Gasteiger partial charge in [-0.15, -0.1) is 0 Å². The summed E-state index contributed by atoms with van der Waals surface area (Å²) in [4.78, 5) is 67.3. The fraction of sp³-hybridized carbons (Fsp3) is 0.397. The third-order valence-corrected chi connectivity index (χ3v) is 17.3. The topological polar surface area (TPSA) is 175 Å². The van der Waals surface area contributed by atoms with Crippen LogP contribution in [0.2, 0.25) is 0 Å². The first-order valence-electron chi connectivity index (χ1n) is 26.3. The lowest BCUT2D eigenvalue weighted by Crippen LogP contribution is -2.47. The van der Waals surface area contributed by atoms with Gasteiger partial charge in [-0.2, -0.15) is 5.10 Å². The molecule has 6 heterocycles. The Morgan fingerprint density at radius 1 is 0.838 bits per heavy atom. The molecule has 16 heteroatoms. The summed E-state index contributed by atoms with van der Waals surface area (Å²) in [6.45, 7) is 8.30. The summed E-state index contributed by atoms with van der Waals surface area (Å²) in [7, 11) is 1.93. The molecule has 4 aromatic carbocycles. The maximum Gasteiger partial charge on any atom is 0.355 e. The first-order valence-corrected chi connectivity index (χ1v) is 27.1. The fourth-order valence-corrected chi connectivity index (χ4v) is 13.1. The number of nitrogens with one attached hydrogen (secondary N) is 2. The van der Waals surface area contributed by atoms with Crippen LogP contribution in [-0.4, -0.2) is 98.8 Å². The Hall–Kier alpha value is -7.17. The van der Waals surface area contributed by atoms with E-state index in [-0.39, 0.29) is 29.5 Å². The van der Waals surface area contributed by atoms with Crippen LogP contribution in [0.3, 0.4) is 0 Å². The monoisotopic (exact) mass is 1010 g/mol. The highest BCUT2D eigenvalue weighted by Crippen LogP contribution is 2.47. The van der Waals surface area contributed by atoms with Crippen LogP contribution < -0.4 is 25.2 Å². The number of pyridine rings is 1. The zero-order chi connectivity index (χ0) is 50.6. The molecule has 3 aliphatic heterocycles. The van der Waals surface area contributed by atoms with E-state index in [1.165, 1.54) is 49.3 Å². The molecule has 3 N–H and O–H groups in total. The second kappa shape index (κ2) is 19.9. The predicted molar refractivity (Wildman–Crippen MR) is 287 cm³/mol. The zero-order valence-corrected chi connectivity index (χ0v) is 42.7. The highest BCUT2D eigenvalue weighted by Gasteiger charge is 2.41. The van der Waals surface area contributed by atoms with Crippen LogP contribution in [-0.2, 0) is 29.6 Å². The molecule has 12 rings (SSSR count). The van der Waals surface area contributed by atoms with E-state index in [4.69, 9.17) is 14.8 Å². The highest BCUT2D eigenvalue weighted by molar-refractivity contribution is 7.22. The molecule has 15 nitrogen and oxygen atoms in total. The van der Waals surface area contributed by atoms with Crippen LogP contribution in [0.25, 0.3) is 32.2 Å². The van der Waals surface area contributed by atoms with Crippen molar-refractivity contribution < 1.29 is 29.0 Å². The van der Waals surface area contributed by atoms with Crippen LogP contribution >= 0.6 is 11.3 Å². The van der Waals surface area contributed by atoms with Crippen LogP contribution in [0.1, 0.15) is 101 Å². The molecule has 3 atom stereocenters. The van der Waals surface area contributed by atoms with E-state index in [2.05, 4.69) is 54.6 Å². The summed E-state index contributed by atoms with van der Waals surface area (Å²) in [5, 5.41) is 22.2. The molecule has 3 amide bonds. The number of ether oxygens (including phenoxy) is 1. The molecular weight excluding hydrogens is 951 g/mol. The Morgan fingerprint density at radius 2 is 1.66 bits per heavy atom. The molecule has 5 aliphatic rings. The van der Waals surface area contributed by atoms with Crippen molar-refractivity contribution in [2.24, 2.45) is 24.8 Å². The SMILES string of the molecule is Cc1cc(OC2CCC(CC3CC3CN3CCN(c4ccc5c(C6CCC(=O)NC6=O)nn(C)c5c4)CC3)CC2)ccc1-c1ccc(N2CCc3cccc(C(=O)Nc4nc5ccccc5s4)c3C2)nc1C(=O)O. The van der Waals surface area contributed by atoms with Gasteiger partial charge < -0.3 is 19.6 Å². The van der Waals surface area contributed by atoms with Crippen LogP contribution in [0, 0.1) is 24.7 Å². The molecule has 3 aromatic heterocycles. The summed E-state index contributed by atoms with van der Waals surface area (Å²) in [6.07, 6.45) is 8.78. The number of aryl methyl sites for hydroxylation is 2. The number of carbonyl (C=O) groups excluding carboxylic acids is 3. The fourth-order valence-electron chi connectivity index (χ4n) is 12.2. The van der Waals surface area contributed by atoms with Gasteiger partial charge in [0, 0.05) is 81.5 Å². The van der Waals surface area contributed by atoms with Crippen molar-refractivity contribution >= 4 is 72.8 Å². The van der Waals surface area contributed by atoms with Crippen LogP contribution in [0.4, 0.5) is 16.6 Å². The number of piperidine rings is 1. The number of rotatable bonds is 13. The minimum absolute atomic E-state index is 0.00786. The Labute approximate surface area is 433 Å². The Kier molecular flexibility index (Phi) is 12.9. The summed E-state index contributed by atoms with van der Waals surface area (Å²) in [6, 6.07) is 29.7. The lowest BCUT2D eigenvalue weighted by molar-refractivity contribution is -0.134. The highest BCUT2D eigenvalue weighted by atomic mass is 32.1. The molecule has 0 spiro atoms. The first kappa shape index (κ1) is 47.8. The number of amides is 3. The van der Waals surface area contributed by atoms with Gasteiger partial charge in [-0.3, -0.25) is 34.6 Å². The number of piperazine rings is 1. The number of hydrogen-bond donors (Lipinski definition) is 3. The molecule has 2 saturated heterocycles. The number of hydrogen-bond acceptors (Lipinski definition) is 12. The van der Waals surface area contributed by atoms with Crippen LogP contribution in [0.5, 0.6) is 5.75 Å². The third-order valence-electron chi connectivity index (χ3n) is 16.4. The van der Waals surface area contributed by atoms with E-state index < -0.39 is 11.9 Å². The molecule has 0 bridgehead atoms. The molecule has 4 fully saturated rings. The molecular formula is C58H61N9O6S. The number of aromatic carboxylic acids is 1. The Morgan fingerprint density at radius 3 is 2.46 bits per heavy atom. The molecule has 0 radical (unpaired) electrons. The minimum atomic E-state index is -1.09. The number of fused-ring (bicyclic) bond motifs is 3. The van der Waals surface area contributed by atoms with Gasteiger partial charge >= 0.3 is 5.97 Å². The summed E-state index contributed by atoms with van der Waals surface area (Å²) >= 11 is 1.44. The number of carboxylic acid groups (broad SMARTS) is 1. The Bertz CT molecular complexity index is 3300. The van der Waals surface area contributed by atoms with Crippen molar-refractivity contribution in [1.82, 2.24) is 30.0 Å². The van der Waals surface area contributed by atoms with E-state index in [0.29, 0.717) is 54.4 Å².